The zero-order valence-electron chi connectivity index (χ0n) is 48.2. The van der Waals surface area contributed by atoms with Crippen LogP contribution in [0.4, 0.5) is 45.5 Å². The molecule has 15 rings (SSSR count). The van der Waals surface area contributed by atoms with Gasteiger partial charge in [0.15, 0.2) is 0 Å². The SMILES string of the molecule is O=C(Nc1cccc(NC(=O)c2cccc(C(=O)Nc3cccc(NC(=O)c4ccc(N5C(=O)c6ccc7c8c(ccc(c68)C5=O)C(=O)N(c5ccncc5)C7=O)cc4)c3)n2)c1)c1ccc(N2C(=O)c3ccc4c5c(ccc(c35)C2=O)C(=O)N(c2ccncc2)C4=O)cc1. The van der Waals surface area contributed by atoms with Gasteiger partial charge in [0, 0.05) is 125 Å². The van der Waals surface area contributed by atoms with E-state index in [2.05, 4.69) is 36.2 Å². The summed E-state index contributed by atoms with van der Waals surface area (Å²) in [6, 6.07) is 46.0. The van der Waals surface area contributed by atoms with Crippen molar-refractivity contribution >= 4 is 138 Å². The second-order valence-electron chi connectivity index (χ2n) is 21.8. The van der Waals surface area contributed by atoms with Gasteiger partial charge in [-0.2, -0.15) is 0 Å². The predicted octanol–water partition coefficient (Wildman–Crippen LogP) is 10.4. The Morgan fingerprint density at radius 1 is 0.266 bits per heavy atom. The van der Waals surface area contributed by atoms with Crippen molar-refractivity contribution in [1.29, 1.82) is 0 Å². The van der Waals surface area contributed by atoms with Gasteiger partial charge in [0.05, 0.1) is 22.7 Å². The fourth-order valence-electron chi connectivity index (χ4n) is 12.0. The molecule has 0 fully saturated rings. The van der Waals surface area contributed by atoms with Gasteiger partial charge in [-0.25, -0.2) is 24.6 Å². The van der Waals surface area contributed by atoms with Crippen LogP contribution in [0.15, 0.2) is 213 Å². The molecule has 450 valence electrons. The molecule has 7 heterocycles. The number of aromatic nitrogens is 3. The van der Waals surface area contributed by atoms with E-state index in [9.17, 15) is 57.5 Å². The third-order valence-corrected chi connectivity index (χ3v) is 16.4. The highest BCUT2D eigenvalue weighted by Crippen LogP contribution is 2.42. The first kappa shape index (κ1) is 56.7. The average Bonchev–Trinajstić information content (AvgIpc) is 0.719. The minimum Gasteiger partial charge on any atom is -0.322 e. The number of rotatable bonds is 12. The van der Waals surface area contributed by atoms with Crippen molar-refractivity contribution in [1.82, 2.24) is 15.0 Å². The van der Waals surface area contributed by atoms with E-state index < -0.39 is 70.9 Å². The van der Waals surface area contributed by atoms with Crippen LogP contribution >= 0.6 is 0 Å². The molecule has 4 N–H and O–H groups in total. The molecule has 0 spiro atoms. The predicted molar refractivity (Wildman–Crippen MR) is 343 cm³/mol. The minimum atomic E-state index is -0.693. The van der Waals surface area contributed by atoms with E-state index in [1.54, 1.807) is 36.4 Å². The number of carbonyl (C=O) groups is 12. The second kappa shape index (κ2) is 22.0. The third kappa shape index (κ3) is 9.26. The number of nitrogens with zero attached hydrogens (tertiary/aromatic N) is 7. The van der Waals surface area contributed by atoms with E-state index in [0.29, 0.717) is 22.7 Å². The molecule has 4 aliphatic heterocycles. The summed E-state index contributed by atoms with van der Waals surface area (Å²) in [5, 5.41) is 11.8. The quantitative estimate of drug-likeness (QED) is 0.0827. The summed E-state index contributed by atoms with van der Waals surface area (Å²) < 4.78 is 0. The van der Waals surface area contributed by atoms with E-state index in [-0.39, 0.29) is 111 Å². The lowest BCUT2D eigenvalue weighted by Crippen LogP contribution is -2.43. The Bertz CT molecular complexity index is 4850. The Balaban J connectivity index is 0.564. The number of carbonyl (C=O) groups excluding carboxylic acids is 12. The molecule has 0 unspecified atom stereocenters. The van der Waals surface area contributed by atoms with Gasteiger partial charge in [0.1, 0.15) is 11.4 Å². The molecule has 8 aromatic carbocycles. The summed E-state index contributed by atoms with van der Waals surface area (Å²) in [6.07, 6.45) is 5.82. The molecular formula is C71H39N11O12. The smallest absolute Gasteiger partial charge is 0.274 e. The van der Waals surface area contributed by atoms with Crippen LogP contribution in [0.1, 0.15) is 125 Å². The maximum atomic E-state index is 14.1. The van der Waals surface area contributed by atoms with Crippen LogP contribution < -0.4 is 40.9 Å². The highest BCUT2D eigenvalue weighted by molar-refractivity contribution is 6.44. The third-order valence-electron chi connectivity index (χ3n) is 16.4. The largest absolute Gasteiger partial charge is 0.322 e. The van der Waals surface area contributed by atoms with Gasteiger partial charge in [-0.05, 0) is 170 Å². The lowest BCUT2D eigenvalue weighted by molar-refractivity contribution is 0.0873. The first-order valence-corrected chi connectivity index (χ1v) is 28.8. The van der Waals surface area contributed by atoms with Crippen LogP contribution in [0, 0.1) is 0 Å². The molecule has 0 radical (unpaired) electrons. The highest BCUT2D eigenvalue weighted by atomic mass is 16.2. The summed E-state index contributed by atoms with van der Waals surface area (Å²) in [7, 11) is 0. The van der Waals surface area contributed by atoms with Crippen molar-refractivity contribution < 1.29 is 57.5 Å². The Labute approximate surface area is 528 Å². The summed E-state index contributed by atoms with van der Waals surface area (Å²) >= 11 is 0. The molecule has 94 heavy (non-hydrogen) atoms. The lowest BCUT2D eigenvalue weighted by Gasteiger charge is -2.31. The van der Waals surface area contributed by atoms with Crippen LogP contribution in [-0.2, 0) is 0 Å². The first-order valence-electron chi connectivity index (χ1n) is 28.8. The molecule has 0 aliphatic carbocycles. The topological polar surface area (TPSA) is 305 Å². The van der Waals surface area contributed by atoms with E-state index in [0.717, 1.165) is 19.6 Å². The summed E-state index contributed by atoms with van der Waals surface area (Å²) in [5.74, 6) is -7.72. The normalized spacial score (nSPS) is 13.8. The van der Waals surface area contributed by atoms with Gasteiger partial charge >= 0.3 is 0 Å². The molecule has 4 aliphatic rings. The fourth-order valence-corrected chi connectivity index (χ4v) is 12.0. The van der Waals surface area contributed by atoms with Gasteiger partial charge in [0.25, 0.3) is 70.9 Å². The number of hydrogen-bond acceptors (Lipinski definition) is 15. The molecule has 0 bridgehead atoms. The Morgan fingerprint density at radius 2 is 0.500 bits per heavy atom. The van der Waals surface area contributed by atoms with Crippen molar-refractivity contribution in [2.45, 2.75) is 0 Å². The van der Waals surface area contributed by atoms with Crippen LogP contribution in [0.2, 0.25) is 0 Å². The number of amides is 12. The first-order chi connectivity index (χ1) is 45.6. The van der Waals surface area contributed by atoms with Gasteiger partial charge in [-0.3, -0.25) is 67.5 Å². The van der Waals surface area contributed by atoms with Crippen LogP contribution in [0.3, 0.4) is 0 Å². The molecular weight excluding hydrogens is 1200 g/mol. The molecule has 0 saturated heterocycles. The van der Waals surface area contributed by atoms with Crippen molar-refractivity contribution in [2.75, 3.05) is 40.9 Å². The molecule has 11 aromatic rings. The number of hydrogen-bond donors (Lipinski definition) is 4. The summed E-state index contributed by atoms with van der Waals surface area (Å²) in [5.41, 5.74) is 3.19. The zero-order valence-corrected chi connectivity index (χ0v) is 48.2. The number of benzene rings is 8. The van der Waals surface area contributed by atoms with E-state index in [1.165, 1.54) is 176 Å². The number of imide groups is 4. The summed E-state index contributed by atoms with van der Waals surface area (Å²) in [4.78, 5) is 182. The zero-order chi connectivity index (χ0) is 64.8. The fraction of sp³-hybridized carbons (Fsp3) is 0. The maximum Gasteiger partial charge on any atom is 0.274 e. The van der Waals surface area contributed by atoms with E-state index in [1.807, 2.05) is 0 Å². The van der Waals surface area contributed by atoms with Gasteiger partial charge in [-0.15, -0.1) is 0 Å². The van der Waals surface area contributed by atoms with Gasteiger partial charge < -0.3 is 21.3 Å². The average molecular weight is 1240 g/mol. The van der Waals surface area contributed by atoms with Crippen molar-refractivity contribution in [2.24, 2.45) is 0 Å². The van der Waals surface area contributed by atoms with Gasteiger partial charge in [0.2, 0.25) is 0 Å². The van der Waals surface area contributed by atoms with Crippen molar-refractivity contribution in [3.05, 3.63) is 280 Å². The van der Waals surface area contributed by atoms with Gasteiger partial charge in [-0.1, -0.05) is 18.2 Å². The monoisotopic (exact) mass is 1240 g/mol. The number of anilines is 8. The Hall–Kier alpha value is -13.8. The van der Waals surface area contributed by atoms with Crippen molar-refractivity contribution in [3.8, 4) is 0 Å². The summed E-state index contributed by atoms with van der Waals surface area (Å²) in [6.45, 7) is 0. The standard InChI is InChI=1S/C71H39N11O12/c83-60(36-10-14-42(15-11-36)79-64(87)46-18-22-50-58-51(23-19-47(56(46)58)65(79)88)69(92)81(68(50)91)44-26-30-72-31-27-44)74-38-4-1-6-40(34-38)76-62(85)54-8-3-9-55(78-54)63(86)77-41-7-2-5-39(35-41)75-61(84)37-12-16-43(17-13-37)80-66(89)48-20-24-52-59-53(25-21-49(57(48)59)67(80)90)71(94)82(70(52)93)45-28-32-73-33-29-45/h1-35H,(H,74,83)(H,75,84)(H,76,85)(H,77,86). The highest BCUT2D eigenvalue weighted by Gasteiger charge is 2.43. The molecule has 23 heteroatoms. The van der Waals surface area contributed by atoms with Crippen LogP contribution in [0.25, 0.3) is 21.5 Å². The number of pyridine rings is 3. The minimum absolute atomic E-state index is 0.108. The van der Waals surface area contributed by atoms with Crippen LogP contribution in [0.5, 0.6) is 0 Å². The Kier molecular flexibility index (Phi) is 13.3. The Morgan fingerprint density at radius 3 is 0.766 bits per heavy atom. The molecule has 0 saturated carbocycles. The molecule has 23 nitrogen and oxygen atoms in total. The van der Waals surface area contributed by atoms with Crippen LogP contribution in [-0.4, -0.2) is 85.8 Å². The molecule has 3 aromatic heterocycles. The molecule has 0 atom stereocenters. The van der Waals surface area contributed by atoms with Crippen molar-refractivity contribution in [3.63, 3.8) is 0 Å². The van der Waals surface area contributed by atoms with E-state index >= 15 is 0 Å². The maximum absolute atomic E-state index is 14.1. The lowest BCUT2D eigenvalue weighted by atomic mass is 9.85. The van der Waals surface area contributed by atoms with E-state index in [4.69, 9.17) is 0 Å². The second-order valence-corrected chi connectivity index (χ2v) is 21.8. The number of nitrogens with one attached hydrogen (secondary N) is 4. The molecule has 12 amide bonds.